The molecule has 0 saturated carbocycles. The summed E-state index contributed by atoms with van der Waals surface area (Å²) in [6.45, 7) is 10.2. The second kappa shape index (κ2) is 8.70. The van der Waals surface area contributed by atoms with E-state index >= 15 is 0 Å². The summed E-state index contributed by atoms with van der Waals surface area (Å²) in [5.74, 6) is 1.84. The number of hydrogen-bond donors (Lipinski definition) is 0. The molecule has 0 bridgehead atoms. The molecule has 0 atom stereocenters. The number of benzene rings is 2. The number of halogens is 1. The summed E-state index contributed by atoms with van der Waals surface area (Å²) in [7, 11) is 1.66. The first-order valence-electron chi connectivity index (χ1n) is 8.84. The minimum Gasteiger partial charge on any atom is -0.496 e. The van der Waals surface area contributed by atoms with E-state index in [0.29, 0.717) is 18.3 Å². The van der Waals surface area contributed by atoms with Crippen LogP contribution in [0, 0.1) is 11.8 Å². The van der Waals surface area contributed by atoms with Crippen molar-refractivity contribution in [3.63, 3.8) is 0 Å². The van der Waals surface area contributed by atoms with Gasteiger partial charge in [0.15, 0.2) is 0 Å². The van der Waals surface area contributed by atoms with Crippen LogP contribution in [-0.2, 0) is 11.2 Å². The fourth-order valence-corrected chi connectivity index (χ4v) is 3.52. The molecule has 2 aromatic carbocycles. The standard InChI is InChI=1S/C21H28BrNO2/c1-14(2)12-23(13-15(3)4)21(24)11-19-18-8-7-17(22)10-16(18)6-9-20(19)25-5/h6-10,14-15H,11-13H2,1-5H3. The number of fused-ring (bicyclic) bond motifs is 1. The fraction of sp³-hybridized carbons (Fsp3) is 0.476. The van der Waals surface area contributed by atoms with Crippen LogP contribution in [0.3, 0.4) is 0 Å². The Bertz CT molecular complexity index is 730. The van der Waals surface area contributed by atoms with Gasteiger partial charge in [-0.3, -0.25) is 4.79 Å². The number of carbonyl (C=O) groups is 1. The minimum absolute atomic E-state index is 0.163. The maximum absolute atomic E-state index is 13.0. The summed E-state index contributed by atoms with van der Waals surface area (Å²) in [5, 5.41) is 2.18. The van der Waals surface area contributed by atoms with Crippen LogP contribution in [0.2, 0.25) is 0 Å². The number of rotatable bonds is 7. The van der Waals surface area contributed by atoms with Crippen molar-refractivity contribution in [2.45, 2.75) is 34.1 Å². The van der Waals surface area contributed by atoms with Gasteiger partial charge in [0.1, 0.15) is 5.75 Å². The van der Waals surface area contributed by atoms with Crippen LogP contribution in [0.1, 0.15) is 33.3 Å². The predicted molar refractivity (Wildman–Crippen MR) is 108 cm³/mol. The SMILES string of the molecule is COc1ccc2cc(Br)ccc2c1CC(=O)N(CC(C)C)CC(C)C. The summed E-state index contributed by atoms with van der Waals surface area (Å²) < 4.78 is 6.58. The Hall–Kier alpha value is -1.55. The molecule has 4 heteroatoms. The lowest BCUT2D eigenvalue weighted by Gasteiger charge is -2.27. The molecule has 1 amide bonds. The van der Waals surface area contributed by atoms with Gasteiger partial charge in [0, 0.05) is 23.1 Å². The highest BCUT2D eigenvalue weighted by molar-refractivity contribution is 9.10. The van der Waals surface area contributed by atoms with E-state index in [0.717, 1.165) is 39.6 Å². The van der Waals surface area contributed by atoms with Crippen LogP contribution in [0.15, 0.2) is 34.8 Å². The van der Waals surface area contributed by atoms with Crippen LogP contribution in [0.5, 0.6) is 5.75 Å². The smallest absolute Gasteiger partial charge is 0.227 e. The molecule has 0 radical (unpaired) electrons. The van der Waals surface area contributed by atoms with Gasteiger partial charge in [-0.25, -0.2) is 0 Å². The highest BCUT2D eigenvalue weighted by Crippen LogP contribution is 2.30. The lowest BCUT2D eigenvalue weighted by Crippen LogP contribution is -2.38. The highest BCUT2D eigenvalue weighted by atomic mass is 79.9. The van der Waals surface area contributed by atoms with Crippen molar-refractivity contribution in [3.8, 4) is 5.75 Å². The Labute approximate surface area is 159 Å². The first-order valence-corrected chi connectivity index (χ1v) is 9.64. The van der Waals surface area contributed by atoms with Crippen molar-refractivity contribution in [2.75, 3.05) is 20.2 Å². The number of ether oxygens (including phenoxy) is 1. The van der Waals surface area contributed by atoms with Crippen molar-refractivity contribution in [2.24, 2.45) is 11.8 Å². The topological polar surface area (TPSA) is 29.5 Å². The molecule has 0 aliphatic carbocycles. The molecule has 136 valence electrons. The second-order valence-corrected chi connectivity index (χ2v) is 8.29. The molecular weight excluding hydrogens is 378 g/mol. The second-order valence-electron chi connectivity index (χ2n) is 7.38. The van der Waals surface area contributed by atoms with E-state index in [1.165, 1.54) is 0 Å². The van der Waals surface area contributed by atoms with Gasteiger partial charge in [0.25, 0.3) is 0 Å². The van der Waals surface area contributed by atoms with Gasteiger partial charge in [-0.1, -0.05) is 55.8 Å². The maximum atomic E-state index is 13.0. The number of methoxy groups -OCH3 is 1. The average molecular weight is 406 g/mol. The maximum Gasteiger partial charge on any atom is 0.227 e. The quantitative estimate of drug-likeness (QED) is 0.625. The van der Waals surface area contributed by atoms with E-state index in [2.05, 4.69) is 55.8 Å². The summed E-state index contributed by atoms with van der Waals surface area (Å²) in [5.41, 5.74) is 0.968. The molecule has 0 spiro atoms. The van der Waals surface area contributed by atoms with E-state index in [-0.39, 0.29) is 5.91 Å². The molecule has 0 aliphatic heterocycles. The Morgan fingerprint density at radius 3 is 2.28 bits per heavy atom. The molecule has 0 heterocycles. The summed E-state index contributed by atoms with van der Waals surface area (Å²) in [6, 6.07) is 10.1. The van der Waals surface area contributed by atoms with Crippen LogP contribution >= 0.6 is 15.9 Å². The summed E-state index contributed by atoms with van der Waals surface area (Å²) in [4.78, 5) is 15.0. The van der Waals surface area contributed by atoms with Crippen molar-refractivity contribution >= 4 is 32.6 Å². The summed E-state index contributed by atoms with van der Waals surface area (Å²) >= 11 is 3.51. The Kier molecular flexibility index (Phi) is 6.88. The molecule has 0 unspecified atom stereocenters. The third-order valence-corrected chi connectivity index (χ3v) is 4.62. The average Bonchev–Trinajstić information content (AvgIpc) is 2.53. The highest BCUT2D eigenvalue weighted by Gasteiger charge is 2.20. The Morgan fingerprint density at radius 2 is 1.72 bits per heavy atom. The molecular formula is C21H28BrNO2. The van der Waals surface area contributed by atoms with Gasteiger partial charge >= 0.3 is 0 Å². The zero-order valence-electron chi connectivity index (χ0n) is 15.8. The zero-order valence-corrected chi connectivity index (χ0v) is 17.4. The Balaban J connectivity index is 2.37. The van der Waals surface area contributed by atoms with Crippen LogP contribution in [-0.4, -0.2) is 31.0 Å². The number of carbonyl (C=O) groups excluding carboxylic acids is 1. The normalized spacial score (nSPS) is 11.4. The van der Waals surface area contributed by atoms with Crippen molar-refractivity contribution in [1.82, 2.24) is 4.90 Å². The number of hydrogen-bond acceptors (Lipinski definition) is 2. The van der Waals surface area contributed by atoms with E-state index in [1.807, 2.05) is 23.1 Å². The van der Waals surface area contributed by atoms with Gasteiger partial charge in [-0.15, -0.1) is 0 Å². The van der Waals surface area contributed by atoms with Crippen LogP contribution < -0.4 is 4.74 Å². The van der Waals surface area contributed by atoms with Gasteiger partial charge in [-0.2, -0.15) is 0 Å². The third kappa shape index (κ3) is 5.21. The van der Waals surface area contributed by atoms with E-state index < -0.39 is 0 Å². The summed E-state index contributed by atoms with van der Waals surface area (Å²) in [6.07, 6.45) is 0.363. The van der Waals surface area contributed by atoms with Crippen LogP contribution in [0.4, 0.5) is 0 Å². The molecule has 0 fully saturated rings. The monoisotopic (exact) mass is 405 g/mol. The number of nitrogens with zero attached hydrogens (tertiary/aromatic N) is 1. The fourth-order valence-electron chi connectivity index (χ4n) is 3.14. The van der Waals surface area contributed by atoms with E-state index in [4.69, 9.17) is 4.74 Å². The first kappa shape index (κ1) is 19.8. The molecule has 0 aromatic heterocycles. The molecule has 0 saturated heterocycles. The van der Waals surface area contributed by atoms with Crippen molar-refractivity contribution in [3.05, 3.63) is 40.4 Å². The number of amides is 1. The van der Waals surface area contributed by atoms with Gasteiger partial charge in [0.05, 0.1) is 13.5 Å². The minimum atomic E-state index is 0.163. The van der Waals surface area contributed by atoms with Crippen LogP contribution in [0.25, 0.3) is 10.8 Å². The molecule has 25 heavy (non-hydrogen) atoms. The van der Waals surface area contributed by atoms with Crippen molar-refractivity contribution < 1.29 is 9.53 Å². The molecule has 2 rings (SSSR count). The lowest BCUT2D eigenvalue weighted by atomic mass is 10.00. The van der Waals surface area contributed by atoms with Gasteiger partial charge < -0.3 is 9.64 Å². The van der Waals surface area contributed by atoms with E-state index in [9.17, 15) is 4.79 Å². The largest absolute Gasteiger partial charge is 0.496 e. The Morgan fingerprint density at radius 1 is 1.08 bits per heavy atom. The van der Waals surface area contributed by atoms with E-state index in [1.54, 1.807) is 7.11 Å². The van der Waals surface area contributed by atoms with Crippen molar-refractivity contribution in [1.29, 1.82) is 0 Å². The van der Waals surface area contributed by atoms with Gasteiger partial charge in [-0.05, 0) is 40.8 Å². The zero-order chi connectivity index (χ0) is 18.6. The molecule has 3 nitrogen and oxygen atoms in total. The van der Waals surface area contributed by atoms with Gasteiger partial charge in [0.2, 0.25) is 5.91 Å². The first-order chi connectivity index (χ1) is 11.8. The molecule has 0 aliphatic rings. The lowest BCUT2D eigenvalue weighted by molar-refractivity contribution is -0.131. The predicted octanol–water partition coefficient (Wildman–Crippen LogP) is 5.29. The molecule has 2 aromatic rings. The molecule has 0 N–H and O–H groups in total. The third-order valence-electron chi connectivity index (χ3n) is 4.12.